The van der Waals surface area contributed by atoms with Crippen molar-refractivity contribution in [1.29, 1.82) is 0 Å². The zero-order chi connectivity index (χ0) is 6.85. The first-order valence-electron chi connectivity index (χ1n) is 2.30. The molecule has 0 aromatic heterocycles. The number of nitro groups is 1. The van der Waals surface area contributed by atoms with E-state index in [9.17, 15) is 14.9 Å². The molecule has 0 unspecified atom stereocenters. The van der Waals surface area contributed by atoms with Crippen molar-refractivity contribution in [3.63, 3.8) is 0 Å². The lowest BCUT2D eigenvalue weighted by Gasteiger charge is -1.96. The molecule has 1 saturated heterocycles. The van der Waals surface area contributed by atoms with Crippen LogP contribution >= 0.6 is 0 Å². The van der Waals surface area contributed by atoms with Crippen molar-refractivity contribution < 1.29 is 14.6 Å². The summed E-state index contributed by atoms with van der Waals surface area (Å²) in [6.45, 7) is 0.158. The predicted molar refractivity (Wildman–Crippen MR) is 25.0 cm³/mol. The summed E-state index contributed by atoms with van der Waals surface area (Å²) in [5, 5.41) is 9.49. The molecule has 0 saturated carbocycles. The summed E-state index contributed by atoms with van der Waals surface area (Å²) in [5.41, 5.74) is 0. The Kier molecular flexibility index (Phi) is 1.21. The van der Waals surface area contributed by atoms with E-state index in [1.54, 1.807) is 0 Å². The summed E-state index contributed by atoms with van der Waals surface area (Å²) in [7, 11) is 0. The Hall–Kier alpha value is -1.33. The van der Waals surface area contributed by atoms with Gasteiger partial charge in [0, 0.05) is 0 Å². The van der Waals surface area contributed by atoms with Gasteiger partial charge in [-0.2, -0.15) is 0 Å². The Balaban J connectivity index is 2.60. The van der Waals surface area contributed by atoms with Gasteiger partial charge in [0.25, 0.3) is 0 Å². The molecule has 0 aliphatic carbocycles. The zero-order valence-corrected chi connectivity index (χ0v) is 4.44. The lowest BCUT2D eigenvalue weighted by atomic mass is 10.7. The predicted octanol–water partition coefficient (Wildman–Crippen LogP) is -0.370. The number of nitrogens with zero attached hydrogens (tertiary/aromatic N) is 2. The zero-order valence-electron chi connectivity index (χ0n) is 4.44. The van der Waals surface area contributed by atoms with Crippen molar-refractivity contribution in [3.05, 3.63) is 10.1 Å². The van der Waals surface area contributed by atoms with Crippen LogP contribution < -0.4 is 0 Å². The topological polar surface area (TPSA) is 72.7 Å². The summed E-state index contributed by atoms with van der Waals surface area (Å²) < 4.78 is 4.27. The maximum absolute atomic E-state index is 10.3. The van der Waals surface area contributed by atoms with E-state index in [1.165, 1.54) is 0 Å². The molecular formula is C3H4N2O4. The highest BCUT2D eigenvalue weighted by atomic mass is 16.7. The Bertz CT molecular complexity index is 156. The van der Waals surface area contributed by atoms with E-state index < -0.39 is 11.1 Å². The van der Waals surface area contributed by atoms with Crippen LogP contribution in [0.4, 0.5) is 4.79 Å². The minimum Gasteiger partial charge on any atom is -0.444 e. The molecule has 1 fully saturated rings. The van der Waals surface area contributed by atoms with Crippen LogP contribution in [0.3, 0.4) is 0 Å². The number of cyclic esters (lactones) is 1. The quantitative estimate of drug-likeness (QED) is 0.360. The molecule has 0 bridgehead atoms. The number of amides is 1. The van der Waals surface area contributed by atoms with E-state index in [2.05, 4.69) is 4.74 Å². The Morgan fingerprint density at radius 1 is 1.78 bits per heavy atom. The third kappa shape index (κ3) is 0.906. The number of carbonyl (C=O) groups excluding carboxylic acids is 1. The van der Waals surface area contributed by atoms with Gasteiger partial charge in [0.15, 0.2) is 5.03 Å². The van der Waals surface area contributed by atoms with E-state index >= 15 is 0 Å². The molecule has 0 radical (unpaired) electrons. The van der Waals surface area contributed by atoms with Crippen molar-refractivity contribution in [2.75, 3.05) is 13.2 Å². The van der Waals surface area contributed by atoms with Crippen molar-refractivity contribution >= 4 is 6.09 Å². The van der Waals surface area contributed by atoms with E-state index in [-0.39, 0.29) is 13.2 Å². The monoisotopic (exact) mass is 132 g/mol. The number of rotatable bonds is 1. The molecule has 0 spiro atoms. The van der Waals surface area contributed by atoms with Gasteiger partial charge in [0.1, 0.15) is 13.2 Å². The van der Waals surface area contributed by atoms with E-state index in [0.29, 0.717) is 5.01 Å². The Morgan fingerprint density at radius 2 is 2.44 bits per heavy atom. The lowest BCUT2D eigenvalue weighted by molar-refractivity contribution is -0.629. The standard InChI is InChI=1S/C3H4N2O4/c6-3-4(5(7)8)1-2-9-3/h1-2H2. The first-order valence-corrected chi connectivity index (χ1v) is 2.30. The summed E-state index contributed by atoms with van der Waals surface area (Å²) in [4.78, 5) is 20.1. The van der Waals surface area contributed by atoms with Crippen LogP contribution in [0.2, 0.25) is 0 Å². The van der Waals surface area contributed by atoms with Crippen LogP contribution in [0.25, 0.3) is 0 Å². The molecule has 0 aromatic rings. The molecule has 0 N–H and O–H groups in total. The first-order chi connectivity index (χ1) is 4.22. The van der Waals surface area contributed by atoms with Gasteiger partial charge in [-0.15, -0.1) is 0 Å². The Labute approximate surface area is 50.1 Å². The van der Waals surface area contributed by atoms with E-state index in [4.69, 9.17) is 0 Å². The molecule has 9 heavy (non-hydrogen) atoms. The van der Waals surface area contributed by atoms with Gasteiger partial charge in [0.2, 0.25) is 0 Å². The molecule has 1 heterocycles. The Morgan fingerprint density at radius 3 is 2.67 bits per heavy atom. The van der Waals surface area contributed by atoms with Crippen LogP contribution in [0.1, 0.15) is 0 Å². The fraction of sp³-hybridized carbons (Fsp3) is 0.667. The number of ether oxygens (including phenoxy) is 1. The van der Waals surface area contributed by atoms with Crippen LogP contribution in [-0.2, 0) is 4.74 Å². The smallest absolute Gasteiger partial charge is 0.444 e. The second-order valence-electron chi connectivity index (χ2n) is 1.48. The van der Waals surface area contributed by atoms with Gasteiger partial charge >= 0.3 is 6.09 Å². The van der Waals surface area contributed by atoms with Crippen LogP contribution in [0.5, 0.6) is 0 Å². The molecule has 6 heteroatoms. The van der Waals surface area contributed by atoms with Gasteiger partial charge in [-0.3, -0.25) is 0 Å². The highest BCUT2D eigenvalue weighted by Crippen LogP contribution is 2.01. The number of carbonyl (C=O) groups is 1. The lowest BCUT2D eigenvalue weighted by Crippen LogP contribution is -2.30. The first kappa shape index (κ1) is 5.80. The molecule has 1 aliphatic heterocycles. The van der Waals surface area contributed by atoms with Gasteiger partial charge in [-0.25, -0.2) is 14.9 Å². The molecule has 0 atom stereocenters. The summed E-state index contributed by atoms with van der Waals surface area (Å²) in [6, 6.07) is 0. The molecule has 6 nitrogen and oxygen atoms in total. The van der Waals surface area contributed by atoms with Crippen molar-refractivity contribution in [3.8, 4) is 0 Å². The summed E-state index contributed by atoms with van der Waals surface area (Å²) in [6.07, 6.45) is -0.875. The van der Waals surface area contributed by atoms with Crippen LogP contribution in [0, 0.1) is 10.1 Å². The molecular weight excluding hydrogens is 128 g/mol. The van der Waals surface area contributed by atoms with Gasteiger partial charge in [-0.1, -0.05) is 0 Å². The SMILES string of the molecule is O=C1OCCN1[N+](=O)[O-]. The minimum absolute atomic E-state index is 0.0475. The highest BCUT2D eigenvalue weighted by Gasteiger charge is 2.31. The number of hydrogen-bond donors (Lipinski definition) is 0. The molecule has 50 valence electrons. The molecule has 1 amide bonds. The van der Waals surface area contributed by atoms with Crippen LogP contribution in [-0.4, -0.2) is 29.3 Å². The maximum atomic E-state index is 10.3. The minimum atomic E-state index is -0.875. The van der Waals surface area contributed by atoms with Gasteiger partial charge in [0.05, 0.1) is 0 Å². The fourth-order valence-corrected chi connectivity index (χ4v) is 0.534. The van der Waals surface area contributed by atoms with Crippen molar-refractivity contribution in [2.24, 2.45) is 0 Å². The third-order valence-electron chi connectivity index (χ3n) is 0.936. The second-order valence-corrected chi connectivity index (χ2v) is 1.48. The largest absolute Gasteiger partial charge is 0.468 e. The third-order valence-corrected chi connectivity index (χ3v) is 0.936. The van der Waals surface area contributed by atoms with Crippen molar-refractivity contribution in [1.82, 2.24) is 5.01 Å². The molecule has 1 aliphatic rings. The van der Waals surface area contributed by atoms with Gasteiger partial charge in [-0.05, 0) is 5.01 Å². The summed E-state index contributed by atoms with van der Waals surface area (Å²) >= 11 is 0. The maximum Gasteiger partial charge on any atom is 0.468 e. The fourth-order valence-electron chi connectivity index (χ4n) is 0.534. The van der Waals surface area contributed by atoms with Crippen molar-refractivity contribution in [2.45, 2.75) is 0 Å². The second kappa shape index (κ2) is 1.88. The normalized spacial score (nSPS) is 17.8. The average molecular weight is 132 g/mol. The number of hydrazine groups is 1. The highest BCUT2D eigenvalue weighted by molar-refractivity contribution is 5.67. The average Bonchev–Trinajstić information content (AvgIpc) is 2.13. The van der Waals surface area contributed by atoms with E-state index in [1.807, 2.05) is 0 Å². The molecule has 0 aromatic carbocycles. The summed E-state index contributed by atoms with van der Waals surface area (Å²) in [5.74, 6) is 0. The van der Waals surface area contributed by atoms with Crippen LogP contribution in [0.15, 0.2) is 0 Å². The number of hydrogen-bond acceptors (Lipinski definition) is 4. The van der Waals surface area contributed by atoms with E-state index in [0.717, 1.165) is 0 Å². The molecule has 1 rings (SSSR count). The van der Waals surface area contributed by atoms with Gasteiger partial charge < -0.3 is 4.74 Å².